The summed E-state index contributed by atoms with van der Waals surface area (Å²) in [6, 6.07) is 1.95. The minimum atomic E-state index is 0.379. The number of nitrogens with one attached hydrogen (secondary N) is 1. The molecule has 0 unspecified atom stereocenters. The molecule has 0 fully saturated rings. The summed E-state index contributed by atoms with van der Waals surface area (Å²) in [5.74, 6) is 7.35. The molecule has 0 amide bonds. The third-order valence-electron chi connectivity index (χ3n) is 2.59. The van der Waals surface area contributed by atoms with Gasteiger partial charge in [-0.15, -0.1) is 0 Å². The average Bonchev–Trinajstić information content (AvgIpc) is 2.75. The maximum atomic E-state index is 5.31. The Morgan fingerprint density at radius 1 is 1.56 bits per heavy atom. The predicted octanol–water partition coefficient (Wildman–Crippen LogP) is 2.06. The zero-order chi connectivity index (χ0) is 13.1. The summed E-state index contributed by atoms with van der Waals surface area (Å²) in [5.41, 5.74) is 3.55. The Balaban J connectivity index is 2.23. The van der Waals surface area contributed by atoms with Crippen LogP contribution in [0.15, 0.2) is 27.4 Å². The molecule has 2 rings (SSSR count). The molecule has 0 saturated carbocycles. The zero-order valence-corrected chi connectivity index (χ0v) is 11.7. The lowest BCUT2D eigenvalue weighted by atomic mass is 10.2. The molecule has 0 spiro atoms. The number of rotatable bonds is 4. The highest BCUT2D eigenvalue weighted by Crippen LogP contribution is 2.25. The molecule has 0 aliphatic heterocycles. The summed E-state index contributed by atoms with van der Waals surface area (Å²) in [6.07, 6.45) is 3.34. The van der Waals surface area contributed by atoms with Crippen LogP contribution in [0, 0.1) is 6.92 Å². The van der Waals surface area contributed by atoms with Gasteiger partial charge in [-0.25, -0.2) is 10.8 Å². The molecule has 3 N–H and O–H groups in total. The van der Waals surface area contributed by atoms with Crippen LogP contribution in [-0.4, -0.2) is 17.0 Å². The van der Waals surface area contributed by atoms with E-state index in [9.17, 15) is 0 Å². The number of nitrogens with zero attached hydrogens (tertiary/aromatic N) is 3. The van der Waals surface area contributed by atoms with Gasteiger partial charge in [0.05, 0.1) is 10.7 Å². The molecular weight excluding hydrogens is 298 g/mol. The summed E-state index contributed by atoms with van der Waals surface area (Å²) in [4.78, 5) is 10.3. The molecule has 2 heterocycles. The third kappa shape index (κ3) is 2.62. The first kappa shape index (κ1) is 12.8. The highest BCUT2D eigenvalue weighted by Gasteiger charge is 2.12. The van der Waals surface area contributed by atoms with Crippen LogP contribution in [0.1, 0.15) is 11.3 Å². The lowest BCUT2D eigenvalue weighted by Gasteiger charge is -2.19. The second kappa shape index (κ2) is 5.36. The lowest BCUT2D eigenvalue weighted by Crippen LogP contribution is -2.20. The molecule has 0 aliphatic carbocycles. The molecule has 2 aromatic rings. The van der Waals surface area contributed by atoms with Crippen molar-refractivity contribution in [3.8, 4) is 0 Å². The van der Waals surface area contributed by atoms with Crippen molar-refractivity contribution in [1.29, 1.82) is 0 Å². The van der Waals surface area contributed by atoms with Gasteiger partial charge in [0.15, 0.2) is 0 Å². The molecule has 0 radical (unpaired) electrons. The number of hydrogen-bond acceptors (Lipinski definition) is 6. The number of nitrogen functional groups attached to an aromatic ring is 1. The SMILES string of the molecule is Cc1occc1CN(C)c1nc(NN)ncc1Br. The quantitative estimate of drug-likeness (QED) is 0.664. The van der Waals surface area contributed by atoms with Gasteiger partial charge in [0, 0.05) is 25.4 Å². The summed E-state index contributed by atoms with van der Waals surface area (Å²) in [6.45, 7) is 2.63. The van der Waals surface area contributed by atoms with E-state index < -0.39 is 0 Å². The molecular formula is C11H14BrN5O. The van der Waals surface area contributed by atoms with Gasteiger partial charge in [0.1, 0.15) is 11.6 Å². The van der Waals surface area contributed by atoms with E-state index in [-0.39, 0.29) is 0 Å². The molecule has 96 valence electrons. The standard InChI is InChI=1S/C11H14BrN5O/c1-7-8(3-4-18-7)6-17(2)10-9(12)5-14-11(15-10)16-13/h3-5H,6,13H2,1-2H3,(H,14,15,16). The molecule has 6 nitrogen and oxygen atoms in total. The third-order valence-corrected chi connectivity index (χ3v) is 3.15. The van der Waals surface area contributed by atoms with E-state index in [0.717, 1.165) is 21.6 Å². The Hall–Kier alpha value is -1.60. The Morgan fingerprint density at radius 2 is 2.33 bits per heavy atom. The molecule has 0 saturated heterocycles. The first-order chi connectivity index (χ1) is 8.61. The van der Waals surface area contributed by atoms with Crippen molar-refractivity contribution in [1.82, 2.24) is 9.97 Å². The van der Waals surface area contributed by atoms with Crippen molar-refractivity contribution in [2.24, 2.45) is 5.84 Å². The second-order valence-electron chi connectivity index (χ2n) is 3.87. The predicted molar refractivity (Wildman–Crippen MR) is 73.1 cm³/mol. The van der Waals surface area contributed by atoms with Crippen LogP contribution in [0.5, 0.6) is 0 Å². The second-order valence-corrected chi connectivity index (χ2v) is 4.72. The van der Waals surface area contributed by atoms with Gasteiger partial charge in [0.2, 0.25) is 5.95 Å². The van der Waals surface area contributed by atoms with Gasteiger partial charge < -0.3 is 9.32 Å². The van der Waals surface area contributed by atoms with E-state index >= 15 is 0 Å². The first-order valence-electron chi connectivity index (χ1n) is 5.35. The smallest absolute Gasteiger partial charge is 0.239 e. The van der Waals surface area contributed by atoms with Crippen LogP contribution < -0.4 is 16.2 Å². The number of furan rings is 1. The number of aromatic nitrogens is 2. The van der Waals surface area contributed by atoms with Gasteiger partial charge in [-0.1, -0.05) is 0 Å². The van der Waals surface area contributed by atoms with Crippen LogP contribution in [-0.2, 0) is 6.54 Å². The van der Waals surface area contributed by atoms with Gasteiger partial charge in [-0.05, 0) is 28.9 Å². The highest BCUT2D eigenvalue weighted by molar-refractivity contribution is 9.10. The van der Waals surface area contributed by atoms with Crippen LogP contribution in [0.3, 0.4) is 0 Å². The van der Waals surface area contributed by atoms with Crippen LogP contribution in [0.2, 0.25) is 0 Å². The molecule has 0 atom stereocenters. The van der Waals surface area contributed by atoms with Crippen molar-refractivity contribution < 1.29 is 4.42 Å². The maximum absolute atomic E-state index is 5.31. The fourth-order valence-corrected chi connectivity index (χ4v) is 2.09. The first-order valence-corrected chi connectivity index (χ1v) is 6.14. The van der Waals surface area contributed by atoms with Gasteiger partial charge >= 0.3 is 0 Å². The largest absolute Gasteiger partial charge is 0.469 e. The number of hydrazine groups is 1. The molecule has 0 aliphatic rings. The molecule has 18 heavy (non-hydrogen) atoms. The lowest BCUT2D eigenvalue weighted by molar-refractivity contribution is 0.529. The number of aryl methyl sites for hydroxylation is 1. The van der Waals surface area contributed by atoms with E-state index in [1.165, 1.54) is 0 Å². The van der Waals surface area contributed by atoms with Crippen molar-refractivity contribution in [3.05, 3.63) is 34.3 Å². The fourth-order valence-electron chi connectivity index (χ4n) is 1.60. The van der Waals surface area contributed by atoms with E-state index in [1.807, 2.05) is 24.9 Å². The highest BCUT2D eigenvalue weighted by atomic mass is 79.9. The van der Waals surface area contributed by atoms with Crippen molar-refractivity contribution in [2.45, 2.75) is 13.5 Å². The Bertz CT molecular complexity index is 542. The van der Waals surface area contributed by atoms with E-state index in [0.29, 0.717) is 12.5 Å². The normalized spacial score (nSPS) is 10.4. The molecule has 0 aromatic carbocycles. The fraction of sp³-hybridized carbons (Fsp3) is 0.273. The Kier molecular flexibility index (Phi) is 3.83. The van der Waals surface area contributed by atoms with Crippen LogP contribution in [0.4, 0.5) is 11.8 Å². The van der Waals surface area contributed by atoms with Crippen LogP contribution >= 0.6 is 15.9 Å². The molecule has 2 aromatic heterocycles. The topological polar surface area (TPSA) is 80.2 Å². The van der Waals surface area contributed by atoms with Gasteiger partial charge in [-0.3, -0.25) is 5.43 Å². The zero-order valence-electron chi connectivity index (χ0n) is 10.1. The van der Waals surface area contributed by atoms with Gasteiger partial charge in [-0.2, -0.15) is 4.98 Å². The molecule has 7 heteroatoms. The molecule has 0 bridgehead atoms. The Labute approximate surface area is 113 Å². The van der Waals surface area contributed by atoms with E-state index in [4.69, 9.17) is 10.3 Å². The summed E-state index contributed by atoms with van der Waals surface area (Å²) >= 11 is 3.42. The number of nitrogens with two attached hydrogens (primary N) is 1. The van der Waals surface area contributed by atoms with Crippen LogP contribution in [0.25, 0.3) is 0 Å². The number of hydrogen-bond donors (Lipinski definition) is 2. The van der Waals surface area contributed by atoms with Crippen molar-refractivity contribution >= 4 is 27.7 Å². The summed E-state index contributed by atoms with van der Waals surface area (Å²) < 4.78 is 6.08. The maximum Gasteiger partial charge on any atom is 0.239 e. The van der Waals surface area contributed by atoms with Gasteiger partial charge in [0.25, 0.3) is 0 Å². The minimum absolute atomic E-state index is 0.379. The van der Waals surface area contributed by atoms with E-state index in [2.05, 4.69) is 31.3 Å². The average molecular weight is 312 g/mol. The Morgan fingerprint density at radius 3 is 2.94 bits per heavy atom. The monoisotopic (exact) mass is 311 g/mol. The van der Waals surface area contributed by atoms with E-state index in [1.54, 1.807) is 12.5 Å². The van der Waals surface area contributed by atoms with Crippen molar-refractivity contribution in [3.63, 3.8) is 0 Å². The number of halogens is 1. The van der Waals surface area contributed by atoms with Crippen molar-refractivity contribution in [2.75, 3.05) is 17.4 Å². The minimum Gasteiger partial charge on any atom is -0.469 e. The number of anilines is 2. The summed E-state index contributed by atoms with van der Waals surface area (Å²) in [7, 11) is 1.94. The summed E-state index contributed by atoms with van der Waals surface area (Å²) in [5, 5.41) is 0.